The summed E-state index contributed by atoms with van der Waals surface area (Å²) >= 11 is 0. The standard InChI is InChI=1S/C20H21N3O3/c1-2-3-10-22-11-8-15-14-7-6-13-5-4-9-21-17(13)18(14)23(12-16(24)25)19(15)20(22)26/h4-7,9H,2-3,8,10-12H2,1H3,(H,24,25). The zero-order valence-electron chi connectivity index (χ0n) is 14.7. The minimum absolute atomic E-state index is 0.0683. The molecule has 1 aliphatic rings. The number of nitrogens with zero attached hydrogens (tertiary/aromatic N) is 3. The summed E-state index contributed by atoms with van der Waals surface area (Å²) in [5, 5.41) is 11.3. The molecule has 0 aliphatic carbocycles. The molecule has 0 unspecified atom stereocenters. The molecule has 1 amide bonds. The number of carboxylic acid groups (broad SMARTS) is 1. The van der Waals surface area contributed by atoms with Crippen LogP contribution in [0.5, 0.6) is 0 Å². The van der Waals surface area contributed by atoms with Crippen LogP contribution < -0.4 is 0 Å². The van der Waals surface area contributed by atoms with Crippen LogP contribution in [0.15, 0.2) is 30.5 Å². The number of aliphatic carboxylic acids is 1. The first-order valence-electron chi connectivity index (χ1n) is 9.01. The zero-order chi connectivity index (χ0) is 18.3. The van der Waals surface area contributed by atoms with Gasteiger partial charge in [0.1, 0.15) is 12.2 Å². The Kier molecular flexibility index (Phi) is 4.11. The van der Waals surface area contributed by atoms with E-state index in [4.69, 9.17) is 0 Å². The van der Waals surface area contributed by atoms with Gasteiger partial charge in [-0.05, 0) is 24.5 Å². The maximum absolute atomic E-state index is 13.1. The number of hydrogen-bond acceptors (Lipinski definition) is 3. The van der Waals surface area contributed by atoms with Gasteiger partial charge in [-0.3, -0.25) is 14.6 Å². The summed E-state index contributed by atoms with van der Waals surface area (Å²) < 4.78 is 1.66. The molecule has 0 saturated heterocycles. The molecule has 4 rings (SSSR count). The van der Waals surface area contributed by atoms with Crippen molar-refractivity contribution in [1.82, 2.24) is 14.5 Å². The average molecular weight is 351 g/mol. The molecule has 2 aromatic heterocycles. The molecule has 134 valence electrons. The van der Waals surface area contributed by atoms with E-state index in [1.54, 1.807) is 10.8 Å². The molecule has 6 nitrogen and oxygen atoms in total. The molecule has 6 heteroatoms. The summed E-state index contributed by atoms with van der Waals surface area (Å²) in [7, 11) is 0. The van der Waals surface area contributed by atoms with E-state index in [1.807, 2.05) is 29.2 Å². The van der Waals surface area contributed by atoms with E-state index >= 15 is 0 Å². The van der Waals surface area contributed by atoms with Gasteiger partial charge in [0.15, 0.2) is 0 Å². The zero-order valence-corrected chi connectivity index (χ0v) is 14.7. The first-order chi connectivity index (χ1) is 12.6. The minimum atomic E-state index is -0.962. The third kappa shape index (κ3) is 2.53. The highest BCUT2D eigenvalue weighted by Crippen LogP contribution is 2.34. The van der Waals surface area contributed by atoms with Crippen molar-refractivity contribution >= 4 is 33.7 Å². The third-order valence-corrected chi connectivity index (χ3v) is 5.10. The number of pyridine rings is 1. The van der Waals surface area contributed by atoms with Crippen LogP contribution in [0.25, 0.3) is 21.8 Å². The second kappa shape index (κ2) is 6.44. The quantitative estimate of drug-likeness (QED) is 0.766. The number of carboxylic acids is 1. The lowest BCUT2D eigenvalue weighted by molar-refractivity contribution is -0.137. The molecule has 0 bridgehead atoms. The number of hydrogen-bond donors (Lipinski definition) is 1. The van der Waals surface area contributed by atoms with Crippen molar-refractivity contribution in [3.63, 3.8) is 0 Å². The Hall–Kier alpha value is -2.89. The van der Waals surface area contributed by atoms with Gasteiger partial charge in [0, 0.05) is 30.1 Å². The Morgan fingerprint density at radius 3 is 2.92 bits per heavy atom. The summed E-state index contributed by atoms with van der Waals surface area (Å²) in [6.07, 6.45) is 4.41. The van der Waals surface area contributed by atoms with Crippen LogP contribution in [0.4, 0.5) is 0 Å². The average Bonchev–Trinajstić information content (AvgIpc) is 2.95. The van der Waals surface area contributed by atoms with Crippen LogP contribution >= 0.6 is 0 Å². The summed E-state index contributed by atoms with van der Waals surface area (Å²) in [6, 6.07) is 7.79. The molecule has 3 aromatic rings. The van der Waals surface area contributed by atoms with Gasteiger partial charge in [-0.1, -0.05) is 31.5 Å². The lowest BCUT2D eigenvalue weighted by atomic mass is 10.0. The number of aromatic nitrogens is 2. The van der Waals surface area contributed by atoms with Crippen molar-refractivity contribution in [3.05, 3.63) is 41.7 Å². The highest BCUT2D eigenvalue weighted by molar-refractivity contribution is 6.11. The maximum atomic E-state index is 13.1. The van der Waals surface area contributed by atoms with Gasteiger partial charge in [-0.2, -0.15) is 0 Å². The highest BCUT2D eigenvalue weighted by Gasteiger charge is 2.32. The summed E-state index contributed by atoms with van der Waals surface area (Å²) in [5.74, 6) is -1.03. The normalized spacial score (nSPS) is 14.2. The van der Waals surface area contributed by atoms with Crippen LogP contribution in [0.1, 0.15) is 35.8 Å². The highest BCUT2D eigenvalue weighted by atomic mass is 16.4. The lowest BCUT2D eigenvalue weighted by Gasteiger charge is -2.28. The van der Waals surface area contributed by atoms with Gasteiger partial charge in [-0.25, -0.2) is 0 Å². The second-order valence-electron chi connectivity index (χ2n) is 6.74. The Labute approximate surface area is 151 Å². The summed E-state index contributed by atoms with van der Waals surface area (Å²) in [6.45, 7) is 3.24. The number of rotatable bonds is 5. The molecule has 0 saturated carbocycles. The molecule has 3 heterocycles. The molecule has 0 spiro atoms. The number of benzene rings is 1. The predicted molar refractivity (Wildman–Crippen MR) is 99.4 cm³/mol. The number of amides is 1. The SMILES string of the molecule is CCCCN1CCc2c(n(CC(=O)O)c3c2ccc2cccnc23)C1=O. The minimum Gasteiger partial charge on any atom is -0.480 e. The number of carbonyl (C=O) groups excluding carboxylic acids is 1. The first-order valence-corrected chi connectivity index (χ1v) is 9.01. The first kappa shape index (κ1) is 16.6. The van der Waals surface area contributed by atoms with Crippen LogP contribution in [0.2, 0.25) is 0 Å². The van der Waals surface area contributed by atoms with Crippen LogP contribution in [0.3, 0.4) is 0 Å². The van der Waals surface area contributed by atoms with E-state index in [2.05, 4.69) is 11.9 Å². The molecular weight excluding hydrogens is 330 g/mol. The van der Waals surface area contributed by atoms with Crippen molar-refractivity contribution in [1.29, 1.82) is 0 Å². The van der Waals surface area contributed by atoms with E-state index < -0.39 is 5.97 Å². The molecule has 1 aliphatic heterocycles. The number of fused-ring (bicyclic) bond motifs is 5. The monoisotopic (exact) mass is 351 g/mol. The predicted octanol–water partition coefficient (Wildman–Crippen LogP) is 3.07. The van der Waals surface area contributed by atoms with E-state index in [-0.39, 0.29) is 12.5 Å². The van der Waals surface area contributed by atoms with Gasteiger partial charge in [0.25, 0.3) is 5.91 Å². The topological polar surface area (TPSA) is 75.4 Å². The Morgan fingerprint density at radius 1 is 1.31 bits per heavy atom. The van der Waals surface area contributed by atoms with E-state index in [1.165, 1.54) is 0 Å². The fraction of sp³-hybridized carbons (Fsp3) is 0.350. The van der Waals surface area contributed by atoms with Gasteiger partial charge in [0.05, 0.1) is 11.0 Å². The molecule has 0 fully saturated rings. The van der Waals surface area contributed by atoms with Crippen molar-refractivity contribution in [2.75, 3.05) is 13.1 Å². The van der Waals surface area contributed by atoms with E-state index in [0.717, 1.165) is 46.6 Å². The van der Waals surface area contributed by atoms with E-state index in [0.29, 0.717) is 18.8 Å². The van der Waals surface area contributed by atoms with Crippen molar-refractivity contribution in [3.8, 4) is 0 Å². The molecule has 0 atom stereocenters. The van der Waals surface area contributed by atoms with Crippen molar-refractivity contribution < 1.29 is 14.7 Å². The Balaban J connectivity index is 1.98. The van der Waals surface area contributed by atoms with Crippen molar-refractivity contribution in [2.24, 2.45) is 0 Å². The lowest BCUT2D eigenvalue weighted by Crippen LogP contribution is -2.39. The molecular formula is C20H21N3O3. The van der Waals surface area contributed by atoms with E-state index in [9.17, 15) is 14.7 Å². The number of unbranched alkanes of at least 4 members (excludes halogenated alkanes) is 1. The molecule has 1 aromatic carbocycles. The van der Waals surface area contributed by atoms with Gasteiger partial charge < -0.3 is 14.6 Å². The maximum Gasteiger partial charge on any atom is 0.323 e. The van der Waals surface area contributed by atoms with Crippen LogP contribution in [-0.2, 0) is 17.8 Å². The van der Waals surface area contributed by atoms with Crippen molar-refractivity contribution in [2.45, 2.75) is 32.7 Å². The Bertz CT molecular complexity index is 1020. The largest absolute Gasteiger partial charge is 0.480 e. The summed E-state index contributed by atoms with van der Waals surface area (Å²) in [4.78, 5) is 31.0. The van der Waals surface area contributed by atoms with Crippen LogP contribution in [0, 0.1) is 0 Å². The second-order valence-corrected chi connectivity index (χ2v) is 6.74. The molecule has 26 heavy (non-hydrogen) atoms. The van der Waals surface area contributed by atoms with Gasteiger partial charge >= 0.3 is 5.97 Å². The summed E-state index contributed by atoms with van der Waals surface area (Å²) in [5.41, 5.74) is 2.96. The fourth-order valence-corrected chi connectivity index (χ4v) is 3.90. The molecule has 1 N–H and O–H groups in total. The Morgan fingerprint density at radius 2 is 2.15 bits per heavy atom. The third-order valence-electron chi connectivity index (χ3n) is 5.10. The van der Waals surface area contributed by atoms with Gasteiger partial charge in [-0.15, -0.1) is 0 Å². The fourth-order valence-electron chi connectivity index (χ4n) is 3.90. The van der Waals surface area contributed by atoms with Crippen LogP contribution in [-0.4, -0.2) is 44.5 Å². The smallest absolute Gasteiger partial charge is 0.323 e. The van der Waals surface area contributed by atoms with Gasteiger partial charge in [0.2, 0.25) is 0 Å². The molecule has 0 radical (unpaired) electrons. The number of carbonyl (C=O) groups is 2.